The van der Waals surface area contributed by atoms with Crippen molar-refractivity contribution in [3.05, 3.63) is 58.6 Å². The van der Waals surface area contributed by atoms with E-state index in [1.807, 2.05) is 12.1 Å². The number of aliphatic hydroxyl groups is 1. The van der Waals surface area contributed by atoms with E-state index in [-0.39, 0.29) is 12.6 Å². The number of ether oxygens (including phenoxy) is 1. The van der Waals surface area contributed by atoms with Crippen LogP contribution in [0.2, 0.25) is 5.02 Å². The third kappa shape index (κ3) is 3.84. The Hall–Kier alpha value is -2.50. The normalized spacial score (nSPS) is 11.0. The molecule has 0 saturated heterocycles. The summed E-state index contributed by atoms with van der Waals surface area (Å²) in [6.45, 7) is 4.21. The first kappa shape index (κ1) is 18.3. The third-order valence-corrected chi connectivity index (χ3v) is 4.42. The molecule has 1 heterocycles. The fourth-order valence-corrected chi connectivity index (χ4v) is 2.76. The highest BCUT2D eigenvalue weighted by Crippen LogP contribution is 2.29. The molecule has 0 fully saturated rings. The van der Waals surface area contributed by atoms with Gasteiger partial charge in [0.1, 0.15) is 0 Å². The van der Waals surface area contributed by atoms with Crippen LogP contribution in [0.3, 0.4) is 0 Å². The van der Waals surface area contributed by atoms with E-state index in [9.17, 15) is 5.11 Å². The highest BCUT2D eigenvalue weighted by atomic mass is 35.5. The second-order valence-electron chi connectivity index (χ2n) is 6.22. The number of benzene rings is 2. The Morgan fingerprint density at radius 1 is 1.00 bits per heavy atom. The SMILES string of the molecule is COc1nc(-c2ccc(C(C)C)cc2)nc(-c2cc(CO)ccc2Cl)n1. The summed E-state index contributed by atoms with van der Waals surface area (Å²) in [6, 6.07) is 13.6. The monoisotopic (exact) mass is 369 g/mol. The van der Waals surface area contributed by atoms with E-state index in [0.29, 0.717) is 28.2 Å². The Balaban J connectivity index is 2.10. The van der Waals surface area contributed by atoms with Crippen LogP contribution in [0, 0.1) is 0 Å². The van der Waals surface area contributed by atoms with Gasteiger partial charge in [-0.2, -0.15) is 9.97 Å². The average molecular weight is 370 g/mol. The van der Waals surface area contributed by atoms with E-state index >= 15 is 0 Å². The molecule has 0 aliphatic heterocycles. The van der Waals surface area contributed by atoms with Crippen LogP contribution in [-0.4, -0.2) is 27.2 Å². The van der Waals surface area contributed by atoms with E-state index in [2.05, 4.69) is 40.9 Å². The molecule has 2 aromatic carbocycles. The molecule has 3 aromatic rings. The first-order valence-electron chi connectivity index (χ1n) is 8.32. The zero-order valence-electron chi connectivity index (χ0n) is 14.9. The summed E-state index contributed by atoms with van der Waals surface area (Å²) in [5.41, 5.74) is 3.46. The summed E-state index contributed by atoms with van der Waals surface area (Å²) in [7, 11) is 1.51. The van der Waals surface area contributed by atoms with Crippen molar-refractivity contribution in [3.63, 3.8) is 0 Å². The summed E-state index contributed by atoms with van der Waals surface area (Å²) in [6.07, 6.45) is 0. The van der Waals surface area contributed by atoms with Gasteiger partial charge >= 0.3 is 6.01 Å². The molecule has 0 saturated carbocycles. The van der Waals surface area contributed by atoms with Crippen molar-refractivity contribution in [2.24, 2.45) is 0 Å². The summed E-state index contributed by atoms with van der Waals surface area (Å²) in [4.78, 5) is 13.2. The van der Waals surface area contributed by atoms with Gasteiger partial charge in [-0.1, -0.05) is 55.8 Å². The number of methoxy groups -OCH3 is 1. The molecule has 6 heteroatoms. The number of aliphatic hydroxyl groups excluding tert-OH is 1. The van der Waals surface area contributed by atoms with Crippen LogP contribution in [0.25, 0.3) is 22.8 Å². The number of aromatic nitrogens is 3. The molecule has 0 spiro atoms. The smallest absolute Gasteiger partial charge is 0.320 e. The van der Waals surface area contributed by atoms with Crippen LogP contribution in [0.1, 0.15) is 30.9 Å². The number of hydrogen-bond donors (Lipinski definition) is 1. The molecule has 0 bridgehead atoms. The summed E-state index contributed by atoms with van der Waals surface area (Å²) in [5, 5.41) is 9.88. The molecule has 1 N–H and O–H groups in total. The molecule has 134 valence electrons. The Morgan fingerprint density at radius 3 is 2.31 bits per heavy atom. The predicted octanol–water partition coefficient (Wildman–Crippen LogP) is 4.48. The average Bonchev–Trinajstić information content (AvgIpc) is 2.68. The van der Waals surface area contributed by atoms with Gasteiger partial charge < -0.3 is 9.84 Å². The zero-order valence-corrected chi connectivity index (χ0v) is 15.7. The highest BCUT2D eigenvalue weighted by molar-refractivity contribution is 6.33. The molecule has 26 heavy (non-hydrogen) atoms. The summed E-state index contributed by atoms with van der Waals surface area (Å²) >= 11 is 6.31. The topological polar surface area (TPSA) is 68.1 Å². The van der Waals surface area contributed by atoms with Crippen LogP contribution in [-0.2, 0) is 6.61 Å². The Bertz CT molecular complexity index is 911. The van der Waals surface area contributed by atoms with Crippen LogP contribution < -0.4 is 4.74 Å². The van der Waals surface area contributed by atoms with Crippen molar-refractivity contribution in [3.8, 4) is 28.8 Å². The van der Waals surface area contributed by atoms with Gasteiger partial charge in [-0.25, -0.2) is 4.98 Å². The first-order valence-corrected chi connectivity index (χ1v) is 8.69. The van der Waals surface area contributed by atoms with E-state index < -0.39 is 0 Å². The van der Waals surface area contributed by atoms with Gasteiger partial charge in [0.15, 0.2) is 11.6 Å². The van der Waals surface area contributed by atoms with Gasteiger partial charge in [0, 0.05) is 11.1 Å². The molecule has 3 rings (SSSR count). The summed E-state index contributed by atoms with van der Waals surface area (Å²) < 4.78 is 5.24. The number of hydrogen-bond acceptors (Lipinski definition) is 5. The quantitative estimate of drug-likeness (QED) is 0.718. The molecular formula is C20H20ClN3O2. The second-order valence-corrected chi connectivity index (χ2v) is 6.63. The maximum Gasteiger partial charge on any atom is 0.320 e. The van der Waals surface area contributed by atoms with Gasteiger partial charge in [0.25, 0.3) is 0 Å². The first-order chi connectivity index (χ1) is 12.5. The molecule has 1 aromatic heterocycles. The van der Waals surface area contributed by atoms with E-state index in [1.165, 1.54) is 12.7 Å². The minimum absolute atomic E-state index is 0.0874. The maximum atomic E-state index is 9.38. The lowest BCUT2D eigenvalue weighted by Crippen LogP contribution is -2.01. The van der Waals surface area contributed by atoms with Gasteiger partial charge in [-0.15, -0.1) is 0 Å². The van der Waals surface area contributed by atoms with Crippen LogP contribution in [0.5, 0.6) is 6.01 Å². The minimum Gasteiger partial charge on any atom is -0.467 e. The van der Waals surface area contributed by atoms with Crippen molar-refractivity contribution >= 4 is 11.6 Å². The van der Waals surface area contributed by atoms with Gasteiger partial charge in [0.05, 0.1) is 18.7 Å². The van der Waals surface area contributed by atoms with Crippen LogP contribution in [0.4, 0.5) is 0 Å². The van der Waals surface area contributed by atoms with E-state index in [4.69, 9.17) is 16.3 Å². The molecule has 5 nitrogen and oxygen atoms in total. The Morgan fingerprint density at radius 2 is 1.69 bits per heavy atom. The second kappa shape index (κ2) is 7.81. The predicted molar refractivity (Wildman–Crippen MR) is 102 cm³/mol. The van der Waals surface area contributed by atoms with Crippen molar-refractivity contribution < 1.29 is 9.84 Å². The van der Waals surface area contributed by atoms with E-state index in [0.717, 1.165) is 11.1 Å². The number of rotatable bonds is 5. The molecule has 0 amide bonds. The van der Waals surface area contributed by atoms with Crippen LogP contribution >= 0.6 is 11.6 Å². The van der Waals surface area contributed by atoms with Crippen molar-refractivity contribution in [2.45, 2.75) is 26.4 Å². The van der Waals surface area contributed by atoms with E-state index in [1.54, 1.807) is 18.2 Å². The third-order valence-electron chi connectivity index (χ3n) is 4.09. The molecule has 0 aliphatic carbocycles. The van der Waals surface area contributed by atoms with Crippen molar-refractivity contribution in [2.75, 3.05) is 7.11 Å². The molecular weight excluding hydrogens is 350 g/mol. The lowest BCUT2D eigenvalue weighted by Gasteiger charge is -2.10. The van der Waals surface area contributed by atoms with Crippen molar-refractivity contribution in [1.29, 1.82) is 0 Å². The van der Waals surface area contributed by atoms with Gasteiger partial charge in [0.2, 0.25) is 0 Å². The highest BCUT2D eigenvalue weighted by Gasteiger charge is 2.14. The maximum absolute atomic E-state index is 9.38. The number of halogens is 1. The molecule has 0 unspecified atom stereocenters. The standard InChI is InChI=1S/C20H20ClN3O2/c1-12(2)14-5-7-15(8-6-14)18-22-19(24-20(23-18)26-3)16-10-13(11-25)4-9-17(16)21/h4-10,12,25H,11H2,1-3H3. The zero-order chi connectivity index (χ0) is 18.7. The lowest BCUT2D eigenvalue weighted by molar-refractivity contribution is 0.282. The molecule has 0 aliphatic rings. The largest absolute Gasteiger partial charge is 0.467 e. The molecule has 0 radical (unpaired) electrons. The van der Waals surface area contributed by atoms with Gasteiger partial charge in [-0.3, -0.25) is 0 Å². The fourth-order valence-electron chi connectivity index (χ4n) is 2.56. The minimum atomic E-state index is -0.0874. The summed E-state index contributed by atoms with van der Waals surface area (Å²) in [5.74, 6) is 1.36. The Kier molecular flexibility index (Phi) is 5.49. The van der Waals surface area contributed by atoms with Crippen LogP contribution in [0.15, 0.2) is 42.5 Å². The molecule has 0 atom stereocenters. The Labute approximate surface area is 157 Å². The van der Waals surface area contributed by atoms with Gasteiger partial charge in [-0.05, 0) is 29.2 Å². The lowest BCUT2D eigenvalue weighted by atomic mass is 10.0. The van der Waals surface area contributed by atoms with Crippen molar-refractivity contribution in [1.82, 2.24) is 15.0 Å². The number of nitrogens with zero attached hydrogens (tertiary/aromatic N) is 3. The fraction of sp³-hybridized carbons (Fsp3) is 0.250.